The highest BCUT2D eigenvalue weighted by Crippen LogP contribution is 2.43. The summed E-state index contributed by atoms with van der Waals surface area (Å²) in [6.07, 6.45) is -4.75. The number of nitrogens with zero attached hydrogens (tertiary/aromatic N) is 2. The van der Waals surface area contributed by atoms with Crippen LogP contribution in [-0.2, 0) is 12.7 Å². The maximum absolute atomic E-state index is 12.9. The molecule has 0 radical (unpaired) electrons. The molecule has 0 aromatic heterocycles. The van der Waals surface area contributed by atoms with Gasteiger partial charge in [0, 0.05) is 30.4 Å². The highest BCUT2D eigenvalue weighted by molar-refractivity contribution is 9.10. The number of anilines is 1. The third-order valence-electron chi connectivity index (χ3n) is 4.54. The van der Waals surface area contributed by atoms with E-state index >= 15 is 0 Å². The second kappa shape index (κ2) is 9.95. The maximum atomic E-state index is 12.9. The van der Waals surface area contributed by atoms with E-state index in [4.69, 9.17) is 9.47 Å². The summed E-state index contributed by atoms with van der Waals surface area (Å²) in [5.41, 5.74) is -0.958. The molecule has 178 valence electrons. The molecule has 0 fully saturated rings. The van der Waals surface area contributed by atoms with Crippen LogP contribution in [0.15, 0.2) is 59.1 Å². The summed E-state index contributed by atoms with van der Waals surface area (Å²) in [6, 6.07) is 11.0. The van der Waals surface area contributed by atoms with E-state index in [1.165, 1.54) is 25.3 Å². The van der Waals surface area contributed by atoms with Crippen LogP contribution in [0.25, 0.3) is 0 Å². The van der Waals surface area contributed by atoms with Crippen molar-refractivity contribution in [2.45, 2.75) is 12.7 Å². The van der Waals surface area contributed by atoms with E-state index in [1.807, 2.05) is 0 Å². The molecule has 0 saturated carbocycles. The fourth-order valence-electron chi connectivity index (χ4n) is 2.94. The van der Waals surface area contributed by atoms with Gasteiger partial charge in [-0.25, -0.2) is 0 Å². The van der Waals surface area contributed by atoms with E-state index < -0.39 is 33.0 Å². The topological polar surface area (TPSA) is 117 Å². The van der Waals surface area contributed by atoms with E-state index in [2.05, 4.69) is 21.2 Å². The number of ether oxygens (including phenoxy) is 2. The number of nitro benzene ring substituents is 2. The lowest BCUT2D eigenvalue weighted by Gasteiger charge is -2.15. The van der Waals surface area contributed by atoms with Gasteiger partial charge in [0.05, 0.1) is 27.0 Å². The quantitative estimate of drug-likeness (QED) is 0.249. The third-order valence-corrected chi connectivity index (χ3v) is 5.13. The fourth-order valence-corrected chi connectivity index (χ4v) is 3.51. The van der Waals surface area contributed by atoms with Crippen LogP contribution in [0.5, 0.6) is 17.2 Å². The lowest BCUT2D eigenvalue weighted by Crippen LogP contribution is -2.06. The summed E-state index contributed by atoms with van der Waals surface area (Å²) in [4.78, 5) is 20.8. The van der Waals surface area contributed by atoms with Gasteiger partial charge in [0.1, 0.15) is 0 Å². The smallest absolute Gasteiger partial charge is 0.416 e. The van der Waals surface area contributed by atoms with Crippen LogP contribution < -0.4 is 14.8 Å². The Morgan fingerprint density at radius 2 is 1.74 bits per heavy atom. The highest BCUT2D eigenvalue weighted by atomic mass is 79.9. The van der Waals surface area contributed by atoms with Crippen molar-refractivity contribution >= 4 is 33.0 Å². The SMILES string of the molecule is COc1cc(CNc2cccc([N+](=O)[O-])c2)cc(Br)c1Oc1ccc(C(F)(F)F)cc1[N+](=O)[O-]. The van der Waals surface area contributed by atoms with E-state index in [9.17, 15) is 33.4 Å². The van der Waals surface area contributed by atoms with Crippen molar-refractivity contribution < 1.29 is 32.5 Å². The molecular weight excluding hydrogens is 527 g/mol. The van der Waals surface area contributed by atoms with Crippen molar-refractivity contribution in [3.63, 3.8) is 0 Å². The van der Waals surface area contributed by atoms with Crippen molar-refractivity contribution in [1.82, 2.24) is 0 Å². The van der Waals surface area contributed by atoms with Gasteiger partial charge in [0.25, 0.3) is 5.69 Å². The zero-order valence-electron chi connectivity index (χ0n) is 17.3. The van der Waals surface area contributed by atoms with Crippen molar-refractivity contribution in [2.75, 3.05) is 12.4 Å². The van der Waals surface area contributed by atoms with E-state index in [1.54, 1.807) is 18.2 Å². The molecule has 3 aromatic rings. The fraction of sp³-hybridized carbons (Fsp3) is 0.143. The molecular formula is C21H15BrF3N3O6. The molecule has 0 spiro atoms. The number of benzene rings is 3. The van der Waals surface area contributed by atoms with E-state index in [0.29, 0.717) is 27.9 Å². The number of hydrogen-bond donors (Lipinski definition) is 1. The van der Waals surface area contributed by atoms with Crippen LogP contribution in [0, 0.1) is 20.2 Å². The molecule has 0 atom stereocenters. The Balaban J connectivity index is 1.88. The van der Waals surface area contributed by atoms with Crippen molar-refractivity contribution in [2.24, 2.45) is 0 Å². The zero-order chi connectivity index (χ0) is 25.0. The second-order valence-electron chi connectivity index (χ2n) is 6.81. The van der Waals surface area contributed by atoms with Crippen LogP contribution in [0.4, 0.5) is 30.2 Å². The number of methoxy groups -OCH3 is 1. The van der Waals surface area contributed by atoms with Crippen LogP contribution in [-0.4, -0.2) is 17.0 Å². The molecule has 13 heteroatoms. The van der Waals surface area contributed by atoms with Crippen molar-refractivity contribution in [1.29, 1.82) is 0 Å². The lowest BCUT2D eigenvalue weighted by atomic mass is 10.1. The lowest BCUT2D eigenvalue weighted by molar-refractivity contribution is -0.385. The number of nitro groups is 2. The monoisotopic (exact) mass is 541 g/mol. The minimum atomic E-state index is -4.75. The van der Waals surface area contributed by atoms with Gasteiger partial charge in [0.15, 0.2) is 11.5 Å². The molecule has 1 N–H and O–H groups in total. The first-order valence-corrected chi connectivity index (χ1v) is 10.2. The van der Waals surface area contributed by atoms with Gasteiger partial charge in [-0.1, -0.05) is 6.07 Å². The number of halogens is 4. The summed E-state index contributed by atoms with van der Waals surface area (Å²) >= 11 is 3.29. The molecule has 0 aliphatic carbocycles. The average Bonchev–Trinajstić information content (AvgIpc) is 2.78. The normalized spacial score (nSPS) is 11.1. The Kier molecular flexibility index (Phi) is 7.25. The standard InChI is InChI=1S/C21H15BrF3N3O6/c1-33-19-8-12(11-26-14-3-2-4-15(10-14)27(29)30)7-16(22)20(19)34-18-6-5-13(21(23,24)25)9-17(18)28(31)32/h2-10,26H,11H2,1H3. The number of non-ortho nitro benzene ring substituents is 1. The molecule has 34 heavy (non-hydrogen) atoms. The van der Waals surface area contributed by atoms with Gasteiger partial charge >= 0.3 is 11.9 Å². The predicted molar refractivity (Wildman–Crippen MR) is 119 cm³/mol. The van der Waals surface area contributed by atoms with Crippen LogP contribution >= 0.6 is 15.9 Å². The molecule has 0 amide bonds. The van der Waals surface area contributed by atoms with Gasteiger partial charge in [0.2, 0.25) is 5.75 Å². The summed E-state index contributed by atoms with van der Waals surface area (Å²) < 4.78 is 50.0. The largest absolute Gasteiger partial charge is 0.493 e. The zero-order valence-corrected chi connectivity index (χ0v) is 18.8. The Hall–Kier alpha value is -3.87. The van der Waals surface area contributed by atoms with Crippen molar-refractivity contribution in [3.8, 4) is 17.2 Å². The first kappa shape index (κ1) is 24.8. The first-order valence-electron chi connectivity index (χ1n) is 9.38. The van der Waals surface area contributed by atoms with Gasteiger partial charge in [-0.15, -0.1) is 0 Å². The predicted octanol–water partition coefficient (Wildman–Crippen LogP) is 6.70. The summed E-state index contributed by atoms with van der Waals surface area (Å²) in [5, 5.41) is 25.3. The van der Waals surface area contributed by atoms with E-state index in [0.717, 1.165) is 6.07 Å². The van der Waals surface area contributed by atoms with Gasteiger partial charge in [-0.05, 0) is 51.8 Å². The third kappa shape index (κ3) is 5.73. The van der Waals surface area contributed by atoms with E-state index in [-0.39, 0.29) is 23.7 Å². The Bertz CT molecular complexity index is 1250. The molecule has 9 nitrogen and oxygen atoms in total. The average molecular weight is 542 g/mol. The minimum absolute atomic E-state index is 0.0180. The van der Waals surface area contributed by atoms with Gasteiger partial charge < -0.3 is 14.8 Å². The number of hydrogen-bond acceptors (Lipinski definition) is 7. The molecule has 0 heterocycles. The molecule has 0 unspecified atom stereocenters. The van der Waals surface area contributed by atoms with Gasteiger partial charge in [-0.3, -0.25) is 20.2 Å². The van der Waals surface area contributed by atoms with Gasteiger partial charge in [-0.2, -0.15) is 13.2 Å². The van der Waals surface area contributed by atoms with Crippen LogP contribution in [0.3, 0.4) is 0 Å². The summed E-state index contributed by atoms with van der Waals surface area (Å²) in [7, 11) is 1.33. The molecule has 3 rings (SSSR count). The molecule has 0 bridgehead atoms. The van der Waals surface area contributed by atoms with Crippen molar-refractivity contribution in [3.05, 3.63) is 90.4 Å². The second-order valence-corrected chi connectivity index (χ2v) is 7.66. The summed E-state index contributed by atoms with van der Waals surface area (Å²) in [5.74, 6) is -0.233. The Labute approximate surface area is 198 Å². The maximum Gasteiger partial charge on any atom is 0.416 e. The number of alkyl halides is 3. The summed E-state index contributed by atoms with van der Waals surface area (Å²) in [6.45, 7) is 0.233. The molecule has 0 saturated heterocycles. The number of rotatable bonds is 8. The molecule has 0 aliphatic heterocycles. The van der Waals surface area contributed by atoms with Crippen LogP contribution in [0.1, 0.15) is 11.1 Å². The minimum Gasteiger partial charge on any atom is -0.493 e. The first-order chi connectivity index (χ1) is 16.0. The number of nitrogens with one attached hydrogen (secondary N) is 1. The highest BCUT2D eigenvalue weighted by Gasteiger charge is 2.33. The Morgan fingerprint density at radius 1 is 1.00 bits per heavy atom. The molecule has 3 aromatic carbocycles. The Morgan fingerprint density at radius 3 is 2.35 bits per heavy atom. The molecule has 0 aliphatic rings. The van der Waals surface area contributed by atoms with Crippen LogP contribution in [0.2, 0.25) is 0 Å².